The maximum absolute atomic E-state index is 9.92. The molecule has 0 aromatic rings. The van der Waals surface area contributed by atoms with Crippen molar-refractivity contribution >= 4 is 0 Å². The Morgan fingerprint density at radius 1 is 1.22 bits per heavy atom. The van der Waals surface area contributed by atoms with E-state index in [1.165, 1.54) is 6.42 Å². The van der Waals surface area contributed by atoms with Crippen LogP contribution in [0.1, 0.15) is 32.1 Å². The zero-order chi connectivity index (χ0) is 13.2. The molecule has 3 unspecified atom stereocenters. The monoisotopic (exact) mass is 261 g/mol. The Bertz CT molecular complexity index is 203. The Morgan fingerprint density at radius 2 is 2.00 bits per heavy atom. The number of methoxy groups -OCH3 is 1. The smallest absolute Gasteiger partial charge is 0.0897 e. The topological polar surface area (TPSA) is 71.0 Å². The number of hydrogen-bond donors (Lipinski definition) is 3. The van der Waals surface area contributed by atoms with Gasteiger partial charge in [0.05, 0.1) is 32.0 Å². The van der Waals surface area contributed by atoms with E-state index in [1.807, 2.05) is 0 Å². The number of aliphatic hydroxyl groups excluding tert-OH is 2. The summed E-state index contributed by atoms with van der Waals surface area (Å²) < 4.78 is 10.1. The summed E-state index contributed by atoms with van der Waals surface area (Å²) in [7, 11) is 1.62. The minimum Gasteiger partial charge on any atom is -0.392 e. The number of ether oxygens (including phenoxy) is 2. The van der Waals surface area contributed by atoms with Crippen LogP contribution in [0.2, 0.25) is 0 Å². The highest BCUT2D eigenvalue weighted by Gasteiger charge is 2.21. The molecular weight excluding hydrogens is 234 g/mol. The summed E-state index contributed by atoms with van der Waals surface area (Å²) in [6.07, 6.45) is 4.47. The second kappa shape index (κ2) is 9.69. The van der Waals surface area contributed by atoms with Gasteiger partial charge < -0.3 is 25.0 Å². The first-order valence-corrected chi connectivity index (χ1v) is 6.90. The second-order valence-corrected chi connectivity index (χ2v) is 4.94. The predicted molar refractivity (Wildman–Crippen MR) is 69.6 cm³/mol. The average Bonchev–Trinajstić information content (AvgIpc) is 2.57. The van der Waals surface area contributed by atoms with Crippen LogP contribution in [0.15, 0.2) is 0 Å². The third-order valence-electron chi connectivity index (χ3n) is 3.34. The zero-order valence-electron chi connectivity index (χ0n) is 11.3. The van der Waals surface area contributed by atoms with Crippen LogP contribution < -0.4 is 5.32 Å². The number of rotatable bonds is 8. The van der Waals surface area contributed by atoms with Gasteiger partial charge in [0, 0.05) is 19.7 Å². The fourth-order valence-electron chi connectivity index (χ4n) is 2.23. The Hall–Kier alpha value is -0.200. The van der Waals surface area contributed by atoms with E-state index in [0.29, 0.717) is 26.4 Å². The van der Waals surface area contributed by atoms with Gasteiger partial charge >= 0.3 is 0 Å². The molecule has 5 heteroatoms. The molecule has 108 valence electrons. The van der Waals surface area contributed by atoms with E-state index < -0.39 is 6.10 Å². The summed E-state index contributed by atoms with van der Waals surface area (Å²) >= 11 is 0. The summed E-state index contributed by atoms with van der Waals surface area (Å²) in [6, 6.07) is 0.112. The highest BCUT2D eigenvalue weighted by Crippen LogP contribution is 2.17. The van der Waals surface area contributed by atoms with Crippen molar-refractivity contribution in [3.05, 3.63) is 0 Å². The molecule has 0 amide bonds. The summed E-state index contributed by atoms with van der Waals surface area (Å²) in [5.74, 6) is 0. The van der Waals surface area contributed by atoms with Crippen LogP contribution in [0, 0.1) is 0 Å². The van der Waals surface area contributed by atoms with Gasteiger partial charge in [-0.25, -0.2) is 0 Å². The van der Waals surface area contributed by atoms with Gasteiger partial charge in [-0.1, -0.05) is 19.3 Å². The standard InChI is InChI=1S/C13H27NO4/c1-17-7-8-18-10-11(15)9-14-12-5-3-2-4-6-13(12)16/h11-16H,2-10H2,1H3. The van der Waals surface area contributed by atoms with Gasteiger partial charge in [0.2, 0.25) is 0 Å². The highest BCUT2D eigenvalue weighted by molar-refractivity contribution is 4.79. The van der Waals surface area contributed by atoms with Gasteiger partial charge in [-0.3, -0.25) is 0 Å². The first-order valence-electron chi connectivity index (χ1n) is 6.90. The normalized spacial score (nSPS) is 26.8. The minimum absolute atomic E-state index is 0.112. The molecule has 0 spiro atoms. The first kappa shape index (κ1) is 15.9. The molecule has 1 aliphatic carbocycles. The van der Waals surface area contributed by atoms with Crippen LogP contribution in [-0.2, 0) is 9.47 Å². The van der Waals surface area contributed by atoms with Crippen molar-refractivity contribution in [1.82, 2.24) is 5.32 Å². The Kier molecular flexibility index (Phi) is 8.54. The molecule has 1 rings (SSSR count). The first-order chi connectivity index (χ1) is 8.74. The van der Waals surface area contributed by atoms with Gasteiger partial charge in [0.1, 0.15) is 0 Å². The molecule has 5 nitrogen and oxygen atoms in total. The second-order valence-electron chi connectivity index (χ2n) is 4.94. The lowest BCUT2D eigenvalue weighted by Gasteiger charge is -2.23. The van der Waals surface area contributed by atoms with Gasteiger partial charge in [-0.15, -0.1) is 0 Å². The van der Waals surface area contributed by atoms with Gasteiger partial charge in [0.15, 0.2) is 0 Å². The maximum atomic E-state index is 9.92. The van der Waals surface area contributed by atoms with Crippen molar-refractivity contribution in [2.45, 2.75) is 50.4 Å². The summed E-state index contributed by atoms with van der Waals surface area (Å²) in [4.78, 5) is 0. The summed E-state index contributed by atoms with van der Waals surface area (Å²) in [6.45, 7) is 1.81. The van der Waals surface area contributed by atoms with Crippen LogP contribution in [-0.4, -0.2) is 61.9 Å². The van der Waals surface area contributed by atoms with Gasteiger partial charge in [-0.05, 0) is 12.8 Å². The van der Waals surface area contributed by atoms with E-state index in [0.717, 1.165) is 25.7 Å². The fourth-order valence-corrected chi connectivity index (χ4v) is 2.23. The van der Waals surface area contributed by atoms with E-state index in [4.69, 9.17) is 9.47 Å². The van der Waals surface area contributed by atoms with E-state index >= 15 is 0 Å². The van der Waals surface area contributed by atoms with Crippen molar-refractivity contribution in [3.8, 4) is 0 Å². The third-order valence-corrected chi connectivity index (χ3v) is 3.34. The lowest BCUT2D eigenvalue weighted by atomic mass is 10.1. The van der Waals surface area contributed by atoms with Crippen LogP contribution in [0.5, 0.6) is 0 Å². The van der Waals surface area contributed by atoms with E-state index in [1.54, 1.807) is 7.11 Å². The molecule has 0 aromatic carbocycles. The lowest BCUT2D eigenvalue weighted by Crippen LogP contribution is -2.43. The van der Waals surface area contributed by atoms with Crippen LogP contribution in [0.3, 0.4) is 0 Å². The molecule has 1 fully saturated rings. The fraction of sp³-hybridized carbons (Fsp3) is 1.00. The summed E-state index contributed by atoms with van der Waals surface area (Å²) in [5.41, 5.74) is 0. The molecular formula is C13H27NO4. The molecule has 0 bridgehead atoms. The molecule has 0 aliphatic heterocycles. The highest BCUT2D eigenvalue weighted by atomic mass is 16.5. The average molecular weight is 261 g/mol. The summed E-state index contributed by atoms with van der Waals surface area (Å²) in [5, 5.41) is 22.9. The molecule has 1 saturated carbocycles. The van der Waals surface area contributed by atoms with Crippen molar-refractivity contribution < 1.29 is 19.7 Å². The van der Waals surface area contributed by atoms with Crippen LogP contribution in [0.4, 0.5) is 0 Å². The number of nitrogens with one attached hydrogen (secondary N) is 1. The van der Waals surface area contributed by atoms with Gasteiger partial charge in [-0.2, -0.15) is 0 Å². The lowest BCUT2D eigenvalue weighted by molar-refractivity contribution is 0.0102. The Balaban J connectivity index is 2.10. The van der Waals surface area contributed by atoms with Crippen molar-refractivity contribution in [3.63, 3.8) is 0 Å². The van der Waals surface area contributed by atoms with E-state index in [9.17, 15) is 10.2 Å². The Morgan fingerprint density at radius 3 is 2.78 bits per heavy atom. The molecule has 1 aliphatic rings. The van der Waals surface area contributed by atoms with Gasteiger partial charge in [0.25, 0.3) is 0 Å². The van der Waals surface area contributed by atoms with E-state index in [2.05, 4.69) is 5.32 Å². The molecule has 0 aromatic heterocycles. The molecule has 3 atom stereocenters. The SMILES string of the molecule is COCCOCC(O)CNC1CCCCCC1O. The van der Waals surface area contributed by atoms with E-state index in [-0.39, 0.29) is 12.1 Å². The predicted octanol–water partition coefficient (Wildman–Crippen LogP) is 0.294. The number of hydrogen-bond acceptors (Lipinski definition) is 5. The molecule has 0 radical (unpaired) electrons. The molecule has 0 saturated heterocycles. The molecule has 3 N–H and O–H groups in total. The maximum Gasteiger partial charge on any atom is 0.0897 e. The quantitative estimate of drug-likeness (QED) is 0.433. The number of aliphatic hydroxyl groups is 2. The molecule has 0 heterocycles. The van der Waals surface area contributed by atoms with Crippen LogP contribution >= 0.6 is 0 Å². The van der Waals surface area contributed by atoms with Crippen molar-refractivity contribution in [2.75, 3.05) is 33.5 Å². The third kappa shape index (κ3) is 6.66. The molecule has 18 heavy (non-hydrogen) atoms. The van der Waals surface area contributed by atoms with Crippen molar-refractivity contribution in [2.24, 2.45) is 0 Å². The largest absolute Gasteiger partial charge is 0.392 e. The van der Waals surface area contributed by atoms with Crippen LogP contribution in [0.25, 0.3) is 0 Å². The Labute approximate surface area is 109 Å². The minimum atomic E-state index is -0.530. The zero-order valence-corrected chi connectivity index (χ0v) is 11.3. The van der Waals surface area contributed by atoms with Crippen molar-refractivity contribution in [1.29, 1.82) is 0 Å².